The van der Waals surface area contributed by atoms with Crippen LogP contribution in [0.15, 0.2) is 71.6 Å². The van der Waals surface area contributed by atoms with Crippen LogP contribution in [0.5, 0.6) is 5.75 Å². The first-order valence-corrected chi connectivity index (χ1v) is 19.5. The number of methoxy groups -OCH3 is 1. The standard InChI is InChI=1S/C39H54N4O8S/c1-5-49-29(3)25-48-26-30-9-12-32(13-10-30)35-22-33(23-39(44)41-40)43(52(45,46)34-14-7-28(2)8-15-34)24-38(35)51-27-31-11-16-37-36(21-31)42(18-20-50-37)17-6-19-47-4/h7-16,21,29,33,35,38H,5-6,17-20,22-27,40H2,1-4H3,(H,41,44)/t29?,33-,35-,38+/m1/s1. The van der Waals surface area contributed by atoms with Gasteiger partial charge in [0.2, 0.25) is 15.9 Å². The number of fused-ring (bicyclic) bond motifs is 1. The van der Waals surface area contributed by atoms with Gasteiger partial charge < -0.3 is 28.6 Å². The highest BCUT2D eigenvalue weighted by Crippen LogP contribution is 2.39. The minimum absolute atomic E-state index is 0.00702. The van der Waals surface area contributed by atoms with Crippen molar-refractivity contribution in [2.45, 2.75) is 82.3 Å². The van der Waals surface area contributed by atoms with Gasteiger partial charge in [0.25, 0.3) is 0 Å². The second-order valence-corrected chi connectivity index (χ2v) is 15.4. The number of carbonyl (C=O) groups is 1. The van der Waals surface area contributed by atoms with Crippen LogP contribution < -0.4 is 20.9 Å². The molecule has 2 aliphatic rings. The predicted octanol–water partition coefficient (Wildman–Crippen LogP) is 4.68. The smallest absolute Gasteiger partial charge is 0.243 e. The summed E-state index contributed by atoms with van der Waals surface area (Å²) >= 11 is 0. The molecule has 0 bridgehead atoms. The van der Waals surface area contributed by atoms with E-state index in [-0.39, 0.29) is 36.5 Å². The Balaban J connectivity index is 1.42. The molecule has 3 N–H and O–H groups in total. The Morgan fingerprint density at radius 3 is 2.52 bits per heavy atom. The molecule has 13 heteroatoms. The number of benzene rings is 3. The van der Waals surface area contributed by atoms with Crippen molar-refractivity contribution in [3.8, 4) is 5.75 Å². The van der Waals surface area contributed by atoms with Crippen molar-refractivity contribution in [1.29, 1.82) is 0 Å². The molecule has 52 heavy (non-hydrogen) atoms. The number of amides is 1. The number of hydrogen-bond acceptors (Lipinski definition) is 10. The van der Waals surface area contributed by atoms with E-state index < -0.39 is 28.1 Å². The van der Waals surface area contributed by atoms with E-state index in [1.807, 2.05) is 57.2 Å². The van der Waals surface area contributed by atoms with Crippen molar-refractivity contribution in [3.05, 3.63) is 89.0 Å². The highest BCUT2D eigenvalue weighted by atomic mass is 32.2. The number of nitrogens with one attached hydrogen (secondary N) is 1. The molecule has 284 valence electrons. The molecule has 12 nitrogen and oxygen atoms in total. The Labute approximate surface area is 308 Å². The highest BCUT2D eigenvalue weighted by Gasteiger charge is 2.43. The van der Waals surface area contributed by atoms with E-state index in [4.69, 9.17) is 29.5 Å². The second kappa shape index (κ2) is 19.0. The first-order valence-electron chi connectivity index (χ1n) is 18.1. The molecule has 0 aromatic heterocycles. The van der Waals surface area contributed by atoms with Gasteiger partial charge in [-0.2, -0.15) is 4.31 Å². The molecule has 1 amide bonds. The van der Waals surface area contributed by atoms with Crippen LogP contribution in [0.1, 0.15) is 61.3 Å². The fourth-order valence-electron chi connectivity index (χ4n) is 6.91. The second-order valence-electron chi connectivity index (χ2n) is 13.5. The maximum absolute atomic E-state index is 14.2. The van der Waals surface area contributed by atoms with Crippen LogP contribution in [0.25, 0.3) is 0 Å². The average Bonchev–Trinajstić information content (AvgIpc) is 3.14. The van der Waals surface area contributed by atoms with Gasteiger partial charge in [0, 0.05) is 51.8 Å². The number of hydrogen-bond donors (Lipinski definition) is 2. The van der Waals surface area contributed by atoms with Crippen molar-refractivity contribution >= 4 is 21.6 Å². The normalized spacial score (nSPS) is 19.9. The van der Waals surface area contributed by atoms with E-state index in [9.17, 15) is 13.2 Å². The van der Waals surface area contributed by atoms with Crippen molar-refractivity contribution in [2.75, 3.05) is 58.1 Å². The molecule has 1 saturated heterocycles. The molecule has 2 aliphatic heterocycles. The Bertz CT molecular complexity index is 1690. The molecular weight excluding hydrogens is 685 g/mol. The summed E-state index contributed by atoms with van der Waals surface area (Å²) in [4.78, 5) is 15.2. The molecule has 0 saturated carbocycles. The van der Waals surface area contributed by atoms with Crippen LogP contribution >= 0.6 is 0 Å². The summed E-state index contributed by atoms with van der Waals surface area (Å²) in [6.07, 6.45) is 0.658. The molecule has 5 rings (SSSR count). The predicted molar refractivity (Wildman–Crippen MR) is 200 cm³/mol. The van der Waals surface area contributed by atoms with Crippen LogP contribution in [0.4, 0.5) is 5.69 Å². The van der Waals surface area contributed by atoms with Gasteiger partial charge >= 0.3 is 0 Å². The van der Waals surface area contributed by atoms with Gasteiger partial charge in [-0.1, -0.05) is 48.0 Å². The van der Waals surface area contributed by atoms with Crippen molar-refractivity contribution in [2.24, 2.45) is 5.84 Å². The lowest BCUT2D eigenvalue weighted by Crippen LogP contribution is -2.53. The fraction of sp³-hybridized carbons (Fsp3) is 0.513. The molecule has 3 aromatic carbocycles. The summed E-state index contributed by atoms with van der Waals surface area (Å²) < 4.78 is 59.3. The van der Waals surface area contributed by atoms with E-state index in [0.717, 1.165) is 53.2 Å². The first-order chi connectivity index (χ1) is 25.1. The third-order valence-electron chi connectivity index (χ3n) is 9.66. The van der Waals surface area contributed by atoms with Crippen LogP contribution in [0.3, 0.4) is 0 Å². The largest absolute Gasteiger partial charge is 0.490 e. The third-order valence-corrected chi connectivity index (χ3v) is 11.6. The zero-order valence-corrected chi connectivity index (χ0v) is 31.6. The number of anilines is 1. The number of nitrogens with zero attached hydrogens (tertiary/aromatic N) is 2. The van der Waals surface area contributed by atoms with E-state index >= 15 is 0 Å². The molecule has 2 heterocycles. The molecule has 0 spiro atoms. The molecule has 0 aliphatic carbocycles. The lowest BCUT2D eigenvalue weighted by molar-refractivity contribution is -0.122. The molecule has 4 atom stereocenters. The quantitative estimate of drug-likeness (QED) is 0.0818. The summed E-state index contributed by atoms with van der Waals surface area (Å²) in [5.74, 6) is 5.69. The van der Waals surface area contributed by atoms with Crippen LogP contribution in [0.2, 0.25) is 0 Å². The summed E-state index contributed by atoms with van der Waals surface area (Å²) in [6, 6.07) is 20.3. The van der Waals surface area contributed by atoms with Crippen molar-refractivity contribution in [3.63, 3.8) is 0 Å². The Morgan fingerprint density at radius 1 is 1.06 bits per heavy atom. The number of aryl methyl sites for hydroxylation is 1. The highest BCUT2D eigenvalue weighted by molar-refractivity contribution is 7.89. The summed E-state index contributed by atoms with van der Waals surface area (Å²) in [5.41, 5.74) is 7.10. The number of hydrazine groups is 1. The van der Waals surface area contributed by atoms with Crippen LogP contribution in [0, 0.1) is 6.92 Å². The zero-order valence-electron chi connectivity index (χ0n) is 30.8. The van der Waals surface area contributed by atoms with Gasteiger partial charge in [0.15, 0.2) is 0 Å². The van der Waals surface area contributed by atoms with E-state index in [1.54, 1.807) is 31.4 Å². The number of sulfonamides is 1. The molecule has 0 radical (unpaired) electrons. The van der Waals surface area contributed by atoms with Crippen LogP contribution in [-0.4, -0.2) is 90.1 Å². The average molecular weight is 739 g/mol. The number of piperidine rings is 1. The maximum Gasteiger partial charge on any atom is 0.243 e. The van der Waals surface area contributed by atoms with Gasteiger partial charge in [0.05, 0.1) is 49.2 Å². The SMILES string of the molecule is CCOC(C)COCc1ccc([C@H]2C[C@H](CC(=O)NN)N(S(=O)(=O)c3ccc(C)cc3)C[C@@H]2OCc2ccc3c(c2)N(CCCOC)CCO3)cc1. The minimum atomic E-state index is -3.99. The number of nitrogens with two attached hydrogens (primary N) is 1. The zero-order chi connectivity index (χ0) is 37.1. The fourth-order valence-corrected chi connectivity index (χ4v) is 8.56. The lowest BCUT2D eigenvalue weighted by atomic mass is 9.83. The van der Waals surface area contributed by atoms with Gasteiger partial charge in [-0.25, -0.2) is 14.3 Å². The molecule has 3 aromatic rings. The molecular formula is C39H54N4O8S. The third kappa shape index (κ3) is 10.3. The van der Waals surface area contributed by atoms with Crippen molar-refractivity contribution in [1.82, 2.24) is 9.73 Å². The van der Waals surface area contributed by atoms with Gasteiger partial charge in [0.1, 0.15) is 12.4 Å². The molecule has 1 fully saturated rings. The topological polar surface area (TPSA) is 142 Å². The van der Waals surface area contributed by atoms with E-state index in [0.29, 0.717) is 39.5 Å². The number of rotatable bonds is 18. The van der Waals surface area contributed by atoms with E-state index in [2.05, 4.69) is 16.4 Å². The first kappa shape index (κ1) is 39.6. The van der Waals surface area contributed by atoms with E-state index in [1.165, 1.54) is 4.31 Å². The maximum atomic E-state index is 14.2. The van der Waals surface area contributed by atoms with Crippen molar-refractivity contribution < 1.29 is 36.9 Å². The summed E-state index contributed by atoms with van der Waals surface area (Å²) in [6.45, 7) is 10.6. The van der Waals surface area contributed by atoms with Gasteiger partial charge in [-0.3, -0.25) is 10.2 Å². The Kier molecular flexibility index (Phi) is 14.5. The molecule has 1 unspecified atom stereocenters. The number of carbonyl (C=O) groups excluding carboxylic acids is 1. The summed E-state index contributed by atoms with van der Waals surface area (Å²) in [5, 5.41) is 0. The van der Waals surface area contributed by atoms with Crippen LogP contribution in [-0.2, 0) is 47.0 Å². The number of ether oxygens (including phenoxy) is 5. The monoisotopic (exact) mass is 738 g/mol. The lowest BCUT2D eigenvalue weighted by Gasteiger charge is -2.43. The van der Waals surface area contributed by atoms with Gasteiger partial charge in [-0.05, 0) is 74.6 Å². The summed E-state index contributed by atoms with van der Waals surface area (Å²) in [7, 11) is -2.28. The minimum Gasteiger partial charge on any atom is -0.490 e. The van der Waals surface area contributed by atoms with Gasteiger partial charge in [-0.15, -0.1) is 0 Å². The Morgan fingerprint density at radius 2 is 1.81 bits per heavy atom. The Hall–Kier alpha value is -3.56.